The molecule has 0 aliphatic heterocycles. The fourth-order valence-electron chi connectivity index (χ4n) is 0.499. The molecule has 0 aliphatic rings. The molecule has 1 atom stereocenters. The van der Waals surface area contributed by atoms with Crippen LogP contribution in [0.3, 0.4) is 0 Å². The van der Waals surface area contributed by atoms with Crippen molar-refractivity contribution in [2.75, 3.05) is 6.54 Å². The van der Waals surface area contributed by atoms with E-state index in [4.69, 9.17) is 12.0 Å². The van der Waals surface area contributed by atoms with E-state index in [1.165, 1.54) is 0 Å². The SMILES string of the molecule is [2H]N([2H])[C@]([2H])(C(=O)O)C([2H])([2H])CC(=O)NCC. The molecule has 0 bridgehead atoms. The summed E-state index contributed by atoms with van der Waals surface area (Å²) in [4.78, 5) is 22.0. The zero-order valence-corrected chi connectivity index (χ0v) is 6.63. The number of aliphatic carboxylic acids is 1. The van der Waals surface area contributed by atoms with Gasteiger partial charge in [-0.2, -0.15) is 0 Å². The first-order chi connectivity index (χ1) is 7.59. The van der Waals surface area contributed by atoms with Gasteiger partial charge in [-0.3, -0.25) is 9.59 Å². The number of nitrogens with one attached hydrogen (secondary N) is 1. The van der Waals surface area contributed by atoms with Crippen LogP contribution < -0.4 is 11.0 Å². The third kappa shape index (κ3) is 4.68. The molecule has 70 valence electrons. The summed E-state index contributed by atoms with van der Waals surface area (Å²) in [5, 5.41) is 11.0. The van der Waals surface area contributed by atoms with E-state index in [0.29, 0.717) is 0 Å². The molecule has 0 heterocycles. The first kappa shape index (κ1) is 4.81. The second-order valence-electron chi connectivity index (χ2n) is 1.96. The van der Waals surface area contributed by atoms with E-state index >= 15 is 0 Å². The highest BCUT2D eigenvalue weighted by Crippen LogP contribution is 1.93. The fourth-order valence-corrected chi connectivity index (χ4v) is 0.499. The van der Waals surface area contributed by atoms with Gasteiger partial charge in [0, 0.05) is 15.7 Å². The van der Waals surface area contributed by atoms with Gasteiger partial charge < -0.3 is 16.1 Å². The topological polar surface area (TPSA) is 92.4 Å². The van der Waals surface area contributed by atoms with Crippen molar-refractivity contribution in [1.82, 2.24) is 5.32 Å². The Bertz CT molecular complexity index is 312. The Morgan fingerprint density at radius 3 is 3.00 bits per heavy atom. The molecule has 5 nitrogen and oxygen atoms in total. The third-order valence-electron chi connectivity index (χ3n) is 0.993. The Balaban J connectivity index is 5.11. The lowest BCUT2D eigenvalue weighted by Crippen LogP contribution is -2.32. The highest BCUT2D eigenvalue weighted by Gasteiger charge is 2.12. The summed E-state index contributed by atoms with van der Waals surface area (Å²) in [5.41, 5.74) is -0.561. The number of rotatable bonds is 6. The van der Waals surface area contributed by atoms with E-state index in [0.717, 1.165) is 0 Å². The van der Waals surface area contributed by atoms with E-state index in [2.05, 4.69) is 5.32 Å². The molecule has 0 saturated heterocycles. The number of amides is 1. The monoisotopic (exact) mass is 179 g/mol. The van der Waals surface area contributed by atoms with Gasteiger partial charge in [0.25, 0.3) is 0 Å². The van der Waals surface area contributed by atoms with Crippen LogP contribution in [0.1, 0.15) is 23.8 Å². The van der Waals surface area contributed by atoms with Crippen LogP contribution in [0.4, 0.5) is 0 Å². The zero-order chi connectivity index (χ0) is 13.9. The molecule has 0 unspecified atom stereocenters. The number of nitrogens with two attached hydrogens (primary N) is 1. The number of carboxylic acids is 1. The Morgan fingerprint density at radius 1 is 1.92 bits per heavy atom. The van der Waals surface area contributed by atoms with E-state index in [-0.39, 0.29) is 6.54 Å². The summed E-state index contributed by atoms with van der Waals surface area (Å²) in [7, 11) is 0. The molecule has 4 N–H and O–H groups in total. The first-order valence-corrected chi connectivity index (χ1v) is 3.37. The van der Waals surface area contributed by atoms with E-state index < -0.39 is 36.4 Å². The number of hydrogen-bond donors (Lipinski definition) is 3. The highest BCUT2D eigenvalue weighted by atomic mass is 16.4. The third-order valence-corrected chi connectivity index (χ3v) is 0.993. The van der Waals surface area contributed by atoms with Crippen molar-refractivity contribution in [2.24, 2.45) is 5.72 Å². The maximum Gasteiger partial charge on any atom is 0.320 e. The van der Waals surface area contributed by atoms with Gasteiger partial charge in [0.1, 0.15) is 8.84 Å². The lowest BCUT2D eigenvalue weighted by atomic mass is 10.1. The van der Waals surface area contributed by atoms with Crippen molar-refractivity contribution in [2.45, 2.75) is 25.7 Å². The largest absolute Gasteiger partial charge is 0.480 e. The summed E-state index contributed by atoms with van der Waals surface area (Å²) in [6.45, 7) is 1.83. The maximum absolute atomic E-state index is 11.2. The van der Waals surface area contributed by atoms with Crippen molar-refractivity contribution in [3.05, 3.63) is 0 Å². The van der Waals surface area contributed by atoms with Crippen LogP contribution in [-0.4, -0.2) is 29.5 Å². The molecule has 12 heavy (non-hydrogen) atoms. The number of carbonyl (C=O) groups excluding carboxylic acids is 1. The summed E-state index contributed by atoms with van der Waals surface area (Å²) in [6.07, 6.45) is -3.79. The van der Waals surface area contributed by atoms with Crippen LogP contribution >= 0.6 is 0 Å². The Hall–Kier alpha value is -1.10. The second-order valence-corrected chi connectivity index (χ2v) is 1.96. The molecule has 0 aromatic heterocycles. The Morgan fingerprint density at radius 2 is 2.58 bits per heavy atom. The van der Waals surface area contributed by atoms with Crippen LogP contribution in [0.5, 0.6) is 0 Å². The smallest absolute Gasteiger partial charge is 0.320 e. The minimum Gasteiger partial charge on any atom is -0.480 e. The van der Waals surface area contributed by atoms with Gasteiger partial charge in [-0.1, -0.05) is 0 Å². The highest BCUT2D eigenvalue weighted by molar-refractivity contribution is 5.78. The summed E-state index contributed by atoms with van der Waals surface area (Å²) < 4.78 is 35.8. The molecular formula is C7H14N2O3. The number of carboxylic acid groups (broad SMARTS) is 1. The van der Waals surface area contributed by atoms with E-state index in [1.54, 1.807) is 6.92 Å². The van der Waals surface area contributed by atoms with Crippen molar-refractivity contribution < 1.29 is 21.6 Å². The van der Waals surface area contributed by atoms with Gasteiger partial charge in [0.2, 0.25) is 5.91 Å². The van der Waals surface area contributed by atoms with Crippen molar-refractivity contribution in [1.29, 1.82) is 0 Å². The molecule has 0 fully saturated rings. The average molecular weight is 179 g/mol. The number of carbonyl (C=O) groups is 2. The van der Waals surface area contributed by atoms with Gasteiger partial charge >= 0.3 is 5.97 Å². The molecule has 5 heteroatoms. The minimum absolute atomic E-state index is 0.235. The fraction of sp³-hybridized carbons (Fsp3) is 0.714. The van der Waals surface area contributed by atoms with Crippen molar-refractivity contribution in [3.8, 4) is 0 Å². The quantitative estimate of drug-likeness (QED) is 0.503. The van der Waals surface area contributed by atoms with Gasteiger partial charge in [-0.25, -0.2) is 0 Å². The van der Waals surface area contributed by atoms with Crippen LogP contribution in [0.2, 0.25) is 2.82 Å². The standard InChI is InChI=1S/C7H14N2O3/c1-2-9-6(10)4-3-5(8)7(11)12/h5H,2-4,8H2,1H3,(H,9,10)(H,11,12)/t5-/m0/s1/i3D2,5D/hD2. The molecule has 0 aromatic carbocycles. The van der Waals surface area contributed by atoms with Crippen LogP contribution in [0, 0.1) is 0 Å². The Labute approximate surface area is 78.1 Å². The van der Waals surface area contributed by atoms with Crippen LogP contribution in [0.15, 0.2) is 0 Å². The van der Waals surface area contributed by atoms with E-state index in [9.17, 15) is 9.59 Å². The molecular weight excluding hydrogens is 160 g/mol. The number of hydrogen-bond acceptors (Lipinski definition) is 3. The molecule has 0 spiro atoms. The lowest BCUT2D eigenvalue weighted by Gasteiger charge is -2.05. The molecule has 0 aliphatic carbocycles. The zero-order valence-electron chi connectivity index (χ0n) is 11.6. The first-order valence-electron chi connectivity index (χ1n) is 5.77. The Kier molecular flexibility index (Phi) is 2.22. The average Bonchev–Trinajstić information content (AvgIpc) is 2.14. The van der Waals surface area contributed by atoms with Gasteiger partial charge in [0.15, 0.2) is 0 Å². The maximum atomic E-state index is 11.2. The van der Waals surface area contributed by atoms with Gasteiger partial charge in [0.05, 0.1) is 1.37 Å². The molecule has 0 radical (unpaired) electrons. The van der Waals surface area contributed by atoms with Crippen molar-refractivity contribution >= 4 is 11.9 Å². The second kappa shape index (κ2) is 5.54. The van der Waals surface area contributed by atoms with Crippen LogP contribution in [0.25, 0.3) is 0 Å². The summed E-state index contributed by atoms with van der Waals surface area (Å²) in [5.74, 6) is -2.78. The molecule has 1 amide bonds. The normalized spacial score (nSPS) is 22.3. The van der Waals surface area contributed by atoms with Crippen molar-refractivity contribution in [3.63, 3.8) is 0 Å². The lowest BCUT2D eigenvalue weighted by molar-refractivity contribution is -0.138. The predicted molar refractivity (Wildman–Crippen MR) is 43.5 cm³/mol. The van der Waals surface area contributed by atoms with Crippen LogP contribution in [-0.2, 0) is 9.59 Å². The predicted octanol–water partition coefficient (Wildman–Crippen LogP) is -0.685. The summed E-state index contributed by atoms with van der Waals surface area (Å²) >= 11 is 0. The molecule has 0 saturated carbocycles. The summed E-state index contributed by atoms with van der Waals surface area (Å²) in [6, 6.07) is -3.17. The molecule has 0 rings (SSSR count). The minimum atomic E-state index is -3.17. The van der Waals surface area contributed by atoms with E-state index in [1.807, 2.05) is 0 Å². The van der Waals surface area contributed by atoms with Gasteiger partial charge in [-0.05, 0) is 13.3 Å². The molecule has 0 aromatic rings. The van der Waals surface area contributed by atoms with Gasteiger partial charge in [-0.15, -0.1) is 0 Å².